The van der Waals surface area contributed by atoms with E-state index < -0.39 is 11.9 Å². The van der Waals surface area contributed by atoms with Crippen molar-refractivity contribution in [3.8, 4) is 0 Å². The number of pyridine rings is 1. The number of aliphatic hydroxyl groups is 1. The molecule has 0 unspecified atom stereocenters. The Bertz CT molecular complexity index is 480. The van der Waals surface area contributed by atoms with Crippen LogP contribution in [0.2, 0.25) is 5.15 Å². The van der Waals surface area contributed by atoms with Gasteiger partial charge in [-0.15, -0.1) is 0 Å². The molecule has 1 N–H and O–H groups in total. The molecule has 7 heteroatoms. The number of rotatable bonds is 3. The molecule has 3 nitrogen and oxygen atoms in total. The Balaban J connectivity index is 0.00000154. The molecule has 0 aromatic carbocycles. The second-order valence-electron chi connectivity index (χ2n) is 3.03. The van der Waals surface area contributed by atoms with Gasteiger partial charge in [0.25, 0.3) is 0 Å². The summed E-state index contributed by atoms with van der Waals surface area (Å²) in [6.45, 7) is 0. The molecule has 0 fully saturated rings. The van der Waals surface area contributed by atoms with Gasteiger partial charge >= 0.3 is 6.18 Å². The van der Waals surface area contributed by atoms with E-state index in [2.05, 4.69) is 4.98 Å². The van der Waals surface area contributed by atoms with Crippen molar-refractivity contribution in [2.45, 2.75) is 12.6 Å². The Hall–Kier alpha value is -1.62. The van der Waals surface area contributed by atoms with Crippen molar-refractivity contribution in [2.24, 2.45) is 0 Å². The van der Waals surface area contributed by atoms with E-state index in [1.165, 1.54) is 18.2 Å². The van der Waals surface area contributed by atoms with Crippen LogP contribution in [0.1, 0.15) is 17.7 Å². The minimum absolute atomic E-state index is 0.230. The van der Waals surface area contributed by atoms with Gasteiger partial charge in [-0.25, -0.2) is 9.78 Å². The second-order valence-corrected chi connectivity index (χ2v) is 3.39. The number of hydrogen-bond acceptors (Lipinski definition) is 3. The first kappa shape index (κ1) is 17.4. The molecule has 0 spiro atoms. The SMILES string of the molecule is CO.O=C=CC/C=C/c1ccc(C(F)(F)F)nc1Cl. The summed E-state index contributed by atoms with van der Waals surface area (Å²) < 4.78 is 36.8. The van der Waals surface area contributed by atoms with Crippen LogP contribution in [0.25, 0.3) is 6.08 Å². The van der Waals surface area contributed by atoms with Crippen LogP contribution >= 0.6 is 11.6 Å². The van der Waals surface area contributed by atoms with Crippen molar-refractivity contribution in [3.05, 3.63) is 40.7 Å². The molecule has 0 aliphatic rings. The van der Waals surface area contributed by atoms with E-state index in [4.69, 9.17) is 16.7 Å². The molecule has 1 heterocycles. The van der Waals surface area contributed by atoms with Crippen molar-refractivity contribution >= 4 is 23.6 Å². The predicted octanol–water partition coefficient (Wildman–Crippen LogP) is 3.15. The highest BCUT2D eigenvalue weighted by Gasteiger charge is 2.32. The zero-order chi connectivity index (χ0) is 14.9. The van der Waals surface area contributed by atoms with Crippen molar-refractivity contribution in [1.29, 1.82) is 0 Å². The van der Waals surface area contributed by atoms with Crippen molar-refractivity contribution in [1.82, 2.24) is 4.98 Å². The average molecular weight is 294 g/mol. The van der Waals surface area contributed by atoms with Crippen LogP contribution in [0, 0.1) is 0 Å². The lowest BCUT2D eigenvalue weighted by molar-refractivity contribution is -0.141. The summed E-state index contributed by atoms with van der Waals surface area (Å²) in [6, 6.07) is 2.07. The van der Waals surface area contributed by atoms with Gasteiger partial charge in [0.2, 0.25) is 0 Å². The lowest BCUT2D eigenvalue weighted by Gasteiger charge is -2.06. The highest BCUT2D eigenvalue weighted by Crippen LogP contribution is 2.29. The van der Waals surface area contributed by atoms with Crippen LogP contribution in [-0.2, 0) is 11.0 Å². The van der Waals surface area contributed by atoms with Gasteiger partial charge in [0.15, 0.2) is 0 Å². The van der Waals surface area contributed by atoms with E-state index in [-0.39, 0.29) is 5.15 Å². The van der Waals surface area contributed by atoms with Gasteiger partial charge in [0.05, 0.1) is 0 Å². The number of halogens is 4. The first-order valence-electron chi connectivity index (χ1n) is 4.99. The van der Waals surface area contributed by atoms with Crippen molar-refractivity contribution < 1.29 is 23.1 Å². The van der Waals surface area contributed by atoms with Crippen LogP contribution in [-0.4, -0.2) is 23.1 Å². The Kier molecular flexibility index (Phi) is 7.75. The number of aliphatic hydroxyl groups excluding tert-OH is 1. The highest BCUT2D eigenvalue weighted by atomic mass is 35.5. The Morgan fingerprint density at radius 1 is 1.42 bits per heavy atom. The fourth-order valence-electron chi connectivity index (χ4n) is 1.04. The largest absolute Gasteiger partial charge is 0.433 e. The quantitative estimate of drug-likeness (QED) is 0.688. The molecular formula is C12H11ClF3NO2. The first-order valence-corrected chi connectivity index (χ1v) is 5.37. The summed E-state index contributed by atoms with van der Waals surface area (Å²) in [5.74, 6) is 1.57. The van der Waals surface area contributed by atoms with Crippen LogP contribution in [0.4, 0.5) is 13.2 Å². The lowest BCUT2D eigenvalue weighted by Crippen LogP contribution is -2.07. The van der Waals surface area contributed by atoms with Gasteiger partial charge < -0.3 is 5.11 Å². The van der Waals surface area contributed by atoms with E-state index in [0.717, 1.165) is 13.2 Å². The molecule has 1 aromatic heterocycles. The molecule has 0 atom stereocenters. The van der Waals surface area contributed by atoms with Gasteiger partial charge in [0, 0.05) is 18.7 Å². The predicted molar refractivity (Wildman–Crippen MR) is 66.3 cm³/mol. The van der Waals surface area contributed by atoms with Crippen LogP contribution < -0.4 is 0 Å². The molecule has 0 amide bonds. The zero-order valence-corrected chi connectivity index (χ0v) is 10.7. The fourth-order valence-corrected chi connectivity index (χ4v) is 1.26. The molecule has 0 saturated carbocycles. The fraction of sp³-hybridized carbons (Fsp3) is 0.250. The third-order valence-electron chi connectivity index (χ3n) is 1.80. The molecule has 1 aromatic rings. The Labute approximate surface area is 113 Å². The van der Waals surface area contributed by atoms with Crippen molar-refractivity contribution in [2.75, 3.05) is 7.11 Å². The van der Waals surface area contributed by atoms with Gasteiger partial charge in [-0.2, -0.15) is 13.2 Å². The summed E-state index contributed by atoms with van der Waals surface area (Å²) in [5.41, 5.74) is -0.675. The maximum absolute atomic E-state index is 12.3. The van der Waals surface area contributed by atoms with Gasteiger partial charge in [0.1, 0.15) is 16.8 Å². The van der Waals surface area contributed by atoms with E-state index in [1.807, 2.05) is 0 Å². The maximum atomic E-state index is 12.3. The number of aromatic nitrogens is 1. The topological polar surface area (TPSA) is 50.2 Å². The van der Waals surface area contributed by atoms with Crippen molar-refractivity contribution in [3.63, 3.8) is 0 Å². The second kappa shape index (κ2) is 8.48. The monoisotopic (exact) mass is 293 g/mol. The van der Waals surface area contributed by atoms with Gasteiger partial charge in [-0.1, -0.05) is 23.8 Å². The minimum Gasteiger partial charge on any atom is -0.400 e. The zero-order valence-electron chi connectivity index (χ0n) is 9.91. The molecule has 0 aliphatic carbocycles. The number of allylic oxidation sites excluding steroid dienone is 2. The van der Waals surface area contributed by atoms with E-state index >= 15 is 0 Å². The molecule has 19 heavy (non-hydrogen) atoms. The number of carbonyl (C=O) groups excluding carboxylic acids is 1. The molecule has 0 saturated heterocycles. The number of hydrogen-bond donors (Lipinski definition) is 1. The molecule has 104 valence electrons. The third kappa shape index (κ3) is 6.20. The minimum atomic E-state index is -4.51. The molecule has 0 radical (unpaired) electrons. The van der Waals surface area contributed by atoms with E-state index in [0.29, 0.717) is 12.0 Å². The molecule has 1 rings (SSSR count). The van der Waals surface area contributed by atoms with Crippen LogP contribution in [0.15, 0.2) is 24.3 Å². The molecule has 0 aliphatic heterocycles. The summed E-state index contributed by atoms with van der Waals surface area (Å²) in [5, 5.41) is 6.77. The normalized spacial score (nSPS) is 10.6. The molecule has 0 bridgehead atoms. The van der Waals surface area contributed by atoms with Crippen LogP contribution in [0.5, 0.6) is 0 Å². The number of alkyl halides is 3. The third-order valence-corrected chi connectivity index (χ3v) is 2.11. The highest BCUT2D eigenvalue weighted by molar-refractivity contribution is 6.30. The maximum Gasteiger partial charge on any atom is 0.433 e. The average Bonchev–Trinajstić information content (AvgIpc) is 2.37. The van der Waals surface area contributed by atoms with Crippen LogP contribution in [0.3, 0.4) is 0 Å². The standard InChI is InChI=1S/C11H7ClF3NO.CH4O/c12-10-8(4-2-1-3-7-17)5-6-9(16-10)11(13,14)15;1-2/h2-6H,1H2;2H,1H3/b4-2+;. The Morgan fingerprint density at radius 3 is 2.53 bits per heavy atom. The number of nitrogens with zero attached hydrogens (tertiary/aromatic N) is 1. The summed E-state index contributed by atoms with van der Waals surface area (Å²) >= 11 is 5.60. The summed E-state index contributed by atoms with van der Waals surface area (Å²) in [6.07, 6.45) is 0.124. The first-order chi connectivity index (χ1) is 8.95. The lowest BCUT2D eigenvalue weighted by atomic mass is 10.2. The Morgan fingerprint density at radius 2 is 2.05 bits per heavy atom. The van der Waals surface area contributed by atoms with E-state index in [1.54, 1.807) is 12.0 Å². The summed E-state index contributed by atoms with van der Waals surface area (Å²) in [7, 11) is 1.00. The molecular weight excluding hydrogens is 283 g/mol. The van der Waals surface area contributed by atoms with Gasteiger partial charge in [-0.3, -0.25) is 0 Å². The smallest absolute Gasteiger partial charge is 0.400 e. The van der Waals surface area contributed by atoms with E-state index in [9.17, 15) is 18.0 Å². The summed E-state index contributed by atoms with van der Waals surface area (Å²) in [4.78, 5) is 13.1. The van der Waals surface area contributed by atoms with Gasteiger partial charge in [-0.05, 0) is 18.6 Å².